The maximum Gasteiger partial charge on any atom is 0.251 e. The Morgan fingerprint density at radius 1 is 0.968 bits per heavy atom. The average molecular weight is 423 g/mol. The molecule has 31 heavy (non-hydrogen) atoms. The van der Waals surface area contributed by atoms with Gasteiger partial charge in [-0.1, -0.05) is 26.0 Å². The van der Waals surface area contributed by atoms with Crippen LogP contribution in [0.4, 0.5) is 0 Å². The molecule has 0 aromatic heterocycles. The van der Waals surface area contributed by atoms with Crippen LogP contribution in [0.15, 0.2) is 24.3 Å². The van der Waals surface area contributed by atoms with Gasteiger partial charge in [-0.2, -0.15) is 0 Å². The van der Waals surface area contributed by atoms with E-state index in [1.807, 2.05) is 24.3 Å². The van der Waals surface area contributed by atoms with E-state index in [1.54, 1.807) is 0 Å². The van der Waals surface area contributed by atoms with Crippen molar-refractivity contribution in [3.8, 4) is 0 Å². The minimum Gasteiger partial charge on any atom is -0.349 e. The summed E-state index contributed by atoms with van der Waals surface area (Å²) in [6.45, 7) is 5.88. The molecule has 5 fully saturated rings. The zero-order valence-corrected chi connectivity index (χ0v) is 19.2. The van der Waals surface area contributed by atoms with Crippen LogP contribution in [0, 0.1) is 23.2 Å². The lowest BCUT2D eigenvalue weighted by molar-refractivity contribution is -0.140. The van der Waals surface area contributed by atoms with Crippen LogP contribution in [0.1, 0.15) is 93.5 Å². The van der Waals surface area contributed by atoms with Gasteiger partial charge in [-0.15, -0.1) is 0 Å². The maximum absolute atomic E-state index is 13.2. The number of nitrogens with one attached hydrogen (secondary N) is 1. The molecule has 1 N–H and O–H groups in total. The van der Waals surface area contributed by atoms with Gasteiger partial charge >= 0.3 is 0 Å². The summed E-state index contributed by atoms with van der Waals surface area (Å²) in [7, 11) is 0. The van der Waals surface area contributed by atoms with Gasteiger partial charge in [-0.3, -0.25) is 9.59 Å². The van der Waals surface area contributed by atoms with Gasteiger partial charge in [-0.25, -0.2) is 0 Å². The molecule has 4 bridgehead atoms. The first-order chi connectivity index (χ1) is 14.9. The van der Waals surface area contributed by atoms with Crippen LogP contribution in [0.3, 0.4) is 0 Å². The molecule has 4 heteroatoms. The van der Waals surface area contributed by atoms with Crippen molar-refractivity contribution in [3.05, 3.63) is 35.4 Å². The lowest BCUT2D eigenvalue weighted by Crippen LogP contribution is -2.50. The third-order valence-electron chi connectivity index (χ3n) is 8.71. The van der Waals surface area contributed by atoms with Crippen LogP contribution >= 0.6 is 0 Å². The largest absolute Gasteiger partial charge is 0.349 e. The van der Waals surface area contributed by atoms with Crippen LogP contribution < -0.4 is 5.32 Å². The van der Waals surface area contributed by atoms with Crippen molar-refractivity contribution in [3.63, 3.8) is 0 Å². The number of hydrogen-bond donors (Lipinski definition) is 1. The monoisotopic (exact) mass is 422 g/mol. The molecular weight excluding hydrogens is 384 g/mol. The van der Waals surface area contributed by atoms with Gasteiger partial charge in [0, 0.05) is 31.1 Å². The van der Waals surface area contributed by atoms with Gasteiger partial charge in [-0.05, 0) is 98.1 Å². The minimum absolute atomic E-state index is 0.00801. The number of nitrogens with zero attached hydrogens (tertiary/aromatic N) is 1. The Bertz CT molecular complexity index is 785. The molecule has 6 rings (SSSR count). The highest BCUT2D eigenvalue weighted by Gasteiger charge is 2.51. The summed E-state index contributed by atoms with van der Waals surface area (Å²) in [5.41, 5.74) is 2.30. The second kappa shape index (κ2) is 8.26. The third kappa shape index (κ3) is 4.40. The normalized spacial score (nSPS) is 32.5. The first-order valence-corrected chi connectivity index (χ1v) is 12.6. The number of hydrogen-bond acceptors (Lipinski definition) is 2. The summed E-state index contributed by atoms with van der Waals surface area (Å²) in [6, 6.07) is 8.11. The van der Waals surface area contributed by atoms with Gasteiger partial charge in [0.1, 0.15) is 0 Å². The van der Waals surface area contributed by atoms with E-state index in [9.17, 15) is 9.59 Å². The molecule has 4 nitrogen and oxygen atoms in total. The molecule has 0 spiro atoms. The Labute approximate surface area is 187 Å². The summed E-state index contributed by atoms with van der Waals surface area (Å²) >= 11 is 0. The molecule has 0 radical (unpaired) electrons. The lowest BCUT2D eigenvalue weighted by atomic mass is 9.49. The van der Waals surface area contributed by atoms with Crippen molar-refractivity contribution in [2.75, 3.05) is 13.1 Å². The molecule has 168 valence electrons. The summed E-state index contributed by atoms with van der Waals surface area (Å²) in [4.78, 5) is 27.9. The molecule has 0 unspecified atom stereocenters. The molecule has 1 aliphatic heterocycles. The minimum atomic E-state index is 0.00801. The van der Waals surface area contributed by atoms with Crippen molar-refractivity contribution in [1.82, 2.24) is 10.2 Å². The van der Waals surface area contributed by atoms with Crippen molar-refractivity contribution in [2.24, 2.45) is 23.2 Å². The van der Waals surface area contributed by atoms with E-state index in [2.05, 4.69) is 24.1 Å². The fraction of sp³-hybridized carbons (Fsp3) is 0.704. The molecule has 1 saturated heterocycles. The second-order valence-electron chi connectivity index (χ2n) is 11.5. The van der Waals surface area contributed by atoms with E-state index in [-0.39, 0.29) is 11.9 Å². The summed E-state index contributed by atoms with van der Waals surface area (Å²) in [5, 5.41) is 3.19. The van der Waals surface area contributed by atoms with Crippen LogP contribution in [0.2, 0.25) is 0 Å². The smallest absolute Gasteiger partial charge is 0.251 e. The third-order valence-corrected chi connectivity index (χ3v) is 8.71. The van der Waals surface area contributed by atoms with Gasteiger partial charge in [0.2, 0.25) is 5.91 Å². The van der Waals surface area contributed by atoms with E-state index in [1.165, 1.54) is 44.1 Å². The standard InChI is InChI=1S/C27H38N2O2/c1-18(2)22-3-5-23(6-4-22)26(31)28-24-7-9-29(10-8-24)25(30)17-27-14-19-11-20(15-27)13-21(12-19)16-27/h3-6,18-21,24H,7-17H2,1-2H3,(H,28,31). The fourth-order valence-electron chi connectivity index (χ4n) is 7.50. The SMILES string of the molecule is CC(C)c1ccc(C(=O)NC2CCN(C(=O)CC34CC5CC(CC(C5)C3)C4)CC2)cc1. The molecule has 1 aromatic rings. The maximum atomic E-state index is 13.2. The van der Waals surface area contributed by atoms with Crippen molar-refractivity contribution in [2.45, 2.75) is 83.6 Å². The van der Waals surface area contributed by atoms with Crippen LogP contribution in [0.5, 0.6) is 0 Å². The van der Waals surface area contributed by atoms with Crippen LogP contribution in [-0.2, 0) is 4.79 Å². The van der Waals surface area contributed by atoms with Crippen LogP contribution in [-0.4, -0.2) is 35.8 Å². The summed E-state index contributed by atoms with van der Waals surface area (Å²) < 4.78 is 0. The average Bonchev–Trinajstić information content (AvgIpc) is 2.73. The molecule has 4 aliphatic carbocycles. The van der Waals surface area contributed by atoms with E-state index < -0.39 is 0 Å². The van der Waals surface area contributed by atoms with E-state index in [0.717, 1.165) is 55.7 Å². The van der Waals surface area contributed by atoms with Gasteiger partial charge in [0.25, 0.3) is 5.91 Å². The second-order valence-corrected chi connectivity index (χ2v) is 11.5. The van der Waals surface area contributed by atoms with E-state index >= 15 is 0 Å². The zero-order valence-electron chi connectivity index (χ0n) is 19.2. The summed E-state index contributed by atoms with van der Waals surface area (Å²) in [5.74, 6) is 3.54. The number of carbonyl (C=O) groups is 2. The van der Waals surface area contributed by atoms with E-state index in [4.69, 9.17) is 0 Å². The number of rotatable bonds is 5. The van der Waals surface area contributed by atoms with Gasteiger partial charge in [0.15, 0.2) is 0 Å². The first kappa shape index (κ1) is 21.0. The molecule has 0 atom stereocenters. The fourth-order valence-corrected chi connectivity index (χ4v) is 7.50. The number of likely N-dealkylation sites (tertiary alicyclic amines) is 1. The predicted octanol–water partition coefficient (Wildman–Crippen LogP) is 5.14. The molecule has 5 aliphatic rings. The van der Waals surface area contributed by atoms with Crippen molar-refractivity contribution in [1.29, 1.82) is 0 Å². The molecule has 1 heterocycles. The Morgan fingerprint density at radius 2 is 1.52 bits per heavy atom. The lowest BCUT2D eigenvalue weighted by Gasteiger charge is -2.57. The molecule has 2 amide bonds. The number of carbonyl (C=O) groups excluding carboxylic acids is 2. The highest BCUT2D eigenvalue weighted by Crippen LogP contribution is 2.61. The Morgan fingerprint density at radius 3 is 2.03 bits per heavy atom. The number of piperidine rings is 1. The zero-order chi connectivity index (χ0) is 21.6. The van der Waals surface area contributed by atoms with Crippen molar-refractivity contribution < 1.29 is 9.59 Å². The van der Waals surface area contributed by atoms with E-state index in [0.29, 0.717) is 17.2 Å². The predicted molar refractivity (Wildman–Crippen MR) is 123 cm³/mol. The molecule has 1 aromatic carbocycles. The number of benzene rings is 1. The van der Waals surface area contributed by atoms with Gasteiger partial charge in [0.05, 0.1) is 0 Å². The first-order valence-electron chi connectivity index (χ1n) is 12.6. The molecule has 4 saturated carbocycles. The Hall–Kier alpha value is -1.84. The quantitative estimate of drug-likeness (QED) is 0.714. The highest BCUT2D eigenvalue weighted by molar-refractivity contribution is 5.94. The highest BCUT2D eigenvalue weighted by atomic mass is 16.2. The topological polar surface area (TPSA) is 49.4 Å². The molecular formula is C27H38N2O2. The van der Waals surface area contributed by atoms with Gasteiger partial charge < -0.3 is 10.2 Å². The van der Waals surface area contributed by atoms with Crippen molar-refractivity contribution >= 4 is 11.8 Å². The summed E-state index contributed by atoms with van der Waals surface area (Å²) in [6.07, 6.45) is 10.7. The Kier molecular flexibility index (Phi) is 5.60. The number of amides is 2. The Balaban J connectivity index is 1.11. The van der Waals surface area contributed by atoms with Crippen LogP contribution in [0.25, 0.3) is 0 Å².